The first-order valence-electron chi connectivity index (χ1n) is 4.51. The van der Waals surface area contributed by atoms with Crippen LogP contribution in [-0.4, -0.2) is 28.7 Å². The number of nitrogens with zero attached hydrogens (tertiary/aromatic N) is 4. The molecule has 1 aromatic rings. The fourth-order valence-corrected chi connectivity index (χ4v) is 1.51. The third-order valence-electron chi connectivity index (χ3n) is 2.41. The van der Waals surface area contributed by atoms with Crippen molar-refractivity contribution < 1.29 is 4.79 Å². The highest BCUT2D eigenvalue weighted by molar-refractivity contribution is 5.85. The Bertz CT molecular complexity index is 438. The number of nitrogens with two attached hydrogens (primary N) is 1. The number of aromatic nitrogens is 2. The van der Waals surface area contributed by atoms with E-state index in [1.807, 2.05) is 6.07 Å². The van der Waals surface area contributed by atoms with E-state index in [0.29, 0.717) is 11.4 Å². The molecule has 0 aliphatic carbocycles. The van der Waals surface area contributed by atoms with Gasteiger partial charge in [-0.3, -0.25) is 4.79 Å². The predicted molar refractivity (Wildman–Crippen MR) is 51.7 cm³/mol. The molecule has 1 aromatic heterocycles. The lowest BCUT2D eigenvalue weighted by molar-refractivity contribution is -0.120. The van der Waals surface area contributed by atoms with E-state index in [-0.39, 0.29) is 11.9 Å². The van der Waals surface area contributed by atoms with Crippen LogP contribution < -0.4 is 10.6 Å². The fraction of sp³-hybridized carbons (Fsp3) is 0.333. The highest BCUT2D eigenvalue weighted by Gasteiger charge is 2.33. The summed E-state index contributed by atoms with van der Waals surface area (Å²) in [6.07, 6.45) is 2.11. The van der Waals surface area contributed by atoms with Crippen molar-refractivity contribution in [2.75, 3.05) is 11.4 Å². The quantitative estimate of drug-likeness (QED) is 0.693. The van der Waals surface area contributed by atoms with Gasteiger partial charge in [0, 0.05) is 12.6 Å². The molecule has 2 N–H and O–H groups in total. The van der Waals surface area contributed by atoms with Crippen molar-refractivity contribution in [1.29, 1.82) is 5.26 Å². The Morgan fingerprint density at radius 1 is 1.73 bits per heavy atom. The number of carbonyl (C=O) groups is 1. The number of primary amides is 1. The molecule has 6 nitrogen and oxygen atoms in total. The summed E-state index contributed by atoms with van der Waals surface area (Å²) in [5, 5.41) is 16.2. The molecule has 1 unspecified atom stereocenters. The predicted octanol–water partition coefficient (Wildman–Crippen LogP) is -0.588. The number of anilines is 1. The molecule has 76 valence electrons. The first kappa shape index (κ1) is 9.40. The van der Waals surface area contributed by atoms with Gasteiger partial charge in [-0.05, 0) is 6.42 Å². The van der Waals surface area contributed by atoms with E-state index >= 15 is 0 Å². The highest BCUT2D eigenvalue weighted by Crippen LogP contribution is 2.24. The van der Waals surface area contributed by atoms with Gasteiger partial charge in [-0.25, -0.2) is 0 Å². The summed E-state index contributed by atoms with van der Waals surface area (Å²) in [4.78, 5) is 12.7. The van der Waals surface area contributed by atoms with Crippen LogP contribution in [0.2, 0.25) is 0 Å². The Morgan fingerprint density at radius 2 is 2.53 bits per heavy atom. The molecule has 2 rings (SSSR count). The summed E-state index contributed by atoms with van der Waals surface area (Å²) in [5.41, 5.74) is 5.63. The molecule has 0 bridgehead atoms. The third kappa shape index (κ3) is 1.59. The second kappa shape index (κ2) is 3.53. The van der Waals surface area contributed by atoms with E-state index in [1.54, 1.807) is 11.0 Å². The van der Waals surface area contributed by atoms with Crippen molar-refractivity contribution in [2.45, 2.75) is 12.5 Å². The molecule has 15 heavy (non-hydrogen) atoms. The normalized spacial score (nSPS) is 19.1. The van der Waals surface area contributed by atoms with Gasteiger partial charge in [-0.15, -0.1) is 5.10 Å². The second-order valence-corrected chi connectivity index (χ2v) is 3.31. The van der Waals surface area contributed by atoms with Crippen LogP contribution in [0, 0.1) is 11.3 Å². The maximum absolute atomic E-state index is 11.0. The topological polar surface area (TPSA) is 95.9 Å². The van der Waals surface area contributed by atoms with Gasteiger partial charge in [0.15, 0.2) is 5.82 Å². The molecule has 0 saturated carbocycles. The van der Waals surface area contributed by atoms with Gasteiger partial charge in [0.05, 0.1) is 11.8 Å². The van der Waals surface area contributed by atoms with Gasteiger partial charge in [-0.2, -0.15) is 10.4 Å². The first-order valence-corrected chi connectivity index (χ1v) is 4.51. The first-order chi connectivity index (χ1) is 7.22. The van der Waals surface area contributed by atoms with Crippen LogP contribution in [-0.2, 0) is 4.79 Å². The molecule has 2 heterocycles. The van der Waals surface area contributed by atoms with Gasteiger partial charge in [0.1, 0.15) is 12.1 Å². The molecular formula is C9H9N5O. The van der Waals surface area contributed by atoms with E-state index in [2.05, 4.69) is 10.2 Å². The van der Waals surface area contributed by atoms with Crippen LogP contribution >= 0.6 is 0 Å². The molecule has 0 aromatic carbocycles. The number of amides is 1. The molecule has 1 saturated heterocycles. The van der Waals surface area contributed by atoms with E-state index in [4.69, 9.17) is 11.0 Å². The molecule has 1 amide bonds. The molecule has 0 radical (unpaired) electrons. The van der Waals surface area contributed by atoms with E-state index < -0.39 is 0 Å². The molecule has 0 spiro atoms. The van der Waals surface area contributed by atoms with Crippen molar-refractivity contribution in [3.8, 4) is 6.07 Å². The lowest BCUT2D eigenvalue weighted by atomic mass is 10.0. The van der Waals surface area contributed by atoms with Gasteiger partial charge in [-0.1, -0.05) is 0 Å². The lowest BCUT2D eigenvalue weighted by Gasteiger charge is -2.39. The Kier molecular flexibility index (Phi) is 2.21. The van der Waals surface area contributed by atoms with E-state index in [1.165, 1.54) is 6.20 Å². The zero-order valence-electron chi connectivity index (χ0n) is 7.92. The summed E-state index contributed by atoms with van der Waals surface area (Å²) in [6, 6.07) is 3.26. The monoisotopic (exact) mass is 203 g/mol. The van der Waals surface area contributed by atoms with Crippen LogP contribution in [0.1, 0.15) is 12.0 Å². The largest absolute Gasteiger partial charge is 0.368 e. The van der Waals surface area contributed by atoms with Crippen LogP contribution in [0.3, 0.4) is 0 Å². The number of carbonyl (C=O) groups excluding carboxylic acids is 1. The van der Waals surface area contributed by atoms with Gasteiger partial charge < -0.3 is 10.6 Å². The van der Waals surface area contributed by atoms with Crippen molar-refractivity contribution >= 4 is 11.7 Å². The number of rotatable bonds is 2. The average Bonchev–Trinajstić information content (AvgIpc) is 2.15. The lowest BCUT2D eigenvalue weighted by Crippen LogP contribution is -2.55. The van der Waals surface area contributed by atoms with Gasteiger partial charge >= 0.3 is 0 Å². The fourth-order valence-electron chi connectivity index (χ4n) is 1.51. The number of hydrogen-bond acceptors (Lipinski definition) is 5. The molecule has 1 atom stereocenters. The molecule has 1 aliphatic heterocycles. The van der Waals surface area contributed by atoms with Crippen LogP contribution in [0.4, 0.5) is 5.82 Å². The maximum Gasteiger partial charge on any atom is 0.240 e. The minimum absolute atomic E-state index is 0.312. The van der Waals surface area contributed by atoms with Gasteiger partial charge in [0.2, 0.25) is 5.91 Å². The van der Waals surface area contributed by atoms with Crippen molar-refractivity contribution in [3.63, 3.8) is 0 Å². The Labute approximate surface area is 86.3 Å². The van der Waals surface area contributed by atoms with E-state index in [9.17, 15) is 4.79 Å². The maximum atomic E-state index is 11.0. The summed E-state index contributed by atoms with van der Waals surface area (Å²) >= 11 is 0. The Balaban J connectivity index is 2.23. The van der Waals surface area contributed by atoms with Crippen molar-refractivity contribution in [3.05, 3.63) is 17.8 Å². The van der Waals surface area contributed by atoms with Crippen LogP contribution in [0.25, 0.3) is 0 Å². The average molecular weight is 203 g/mol. The summed E-state index contributed by atoms with van der Waals surface area (Å²) in [5.74, 6) is 0.162. The molecule has 6 heteroatoms. The minimum Gasteiger partial charge on any atom is -0.368 e. The zero-order chi connectivity index (χ0) is 10.8. The number of nitriles is 1. The van der Waals surface area contributed by atoms with Crippen LogP contribution in [0.15, 0.2) is 12.3 Å². The SMILES string of the molecule is N#Cc1cnnc(N2CCC2C(N)=O)c1. The van der Waals surface area contributed by atoms with Crippen molar-refractivity contribution in [2.24, 2.45) is 5.73 Å². The van der Waals surface area contributed by atoms with Gasteiger partial charge in [0.25, 0.3) is 0 Å². The summed E-state index contributed by atoms with van der Waals surface area (Å²) < 4.78 is 0. The number of hydrogen-bond donors (Lipinski definition) is 1. The standard InChI is InChI=1S/C9H9N5O/c10-4-6-3-8(13-12-5-6)14-2-1-7(14)9(11)15/h3,5,7H,1-2H2,(H2,11,15). The molecular weight excluding hydrogens is 194 g/mol. The molecule has 1 fully saturated rings. The Hall–Kier alpha value is -2.16. The summed E-state index contributed by atoms with van der Waals surface area (Å²) in [7, 11) is 0. The Morgan fingerprint density at radius 3 is 3.07 bits per heavy atom. The third-order valence-corrected chi connectivity index (χ3v) is 2.41. The smallest absolute Gasteiger partial charge is 0.240 e. The summed E-state index contributed by atoms with van der Waals surface area (Å²) in [6.45, 7) is 0.719. The van der Waals surface area contributed by atoms with Crippen LogP contribution in [0.5, 0.6) is 0 Å². The highest BCUT2D eigenvalue weighted by atomic mass is 16.1. The molecule has 1 aliphatic rings. The van der Waals surface area contributed by atoms with Crippen molar-refractivity contribution in [1.82, 2.24) is 10.2 Å². The zero-order valence-corrected chi connectivity index (χ0v) is 7.92. The second-order valence-electron chi connectivity index (χ2n) is 3.31. The minimum atomic E-state index is -0.370. The van der Waals surface area contributed by atoms with E-state index in [0.717, 1.165) is 13.0 Å².